The number of carbonyl (C=O) groups is 1. The molecule has 1 aliphatic heterocycles. The molecular weight excluding hydrogens is 452 g/mol. The molecule has 4 rings (SSSR count). The van der Waals surface area contributed by atoms with Crippen molar-refractivity contribution in [1.82, 2.24) is 4.98 Å². The number of nitrogens with zero attached hydrogens (tertiary/aromatic N) is 3. The van der Waals surface area contributed by atoms with Crippen molar-refractivity contribution < 1.29 is 18.3 Å². The van der Waals surface area contributed by atoms with Crippen LogP contribution in [0.15, 0.2) is 41.3 Å². The average Bonchev–Trinajstić information content (AvgIpc) is 3.57. The van der Waals surface area contributed by atoms with Crippen LogP contribution in [-0.4, -0.2) is 63.5 Å². The first-order valence-corrected chi connectivity index (χ1v) is 13.9. The Morgan fingerprint density at radius 2 is 1.88 bits per heavy atom. The van der Waals surface area contributed by atoms with Crippen LogP contribution in [0.25, 0.3) is 0 Å². The summed E-state index contributed by atoms with van der Waals surface area (Å²) in [4.78, 5) is 22.2. The van der Waals surface area contributed by atoms with E-state index in [1.54, 1.807) is 18.2 Å². The van der Waals surface area contributed by atoms with Gasteiger partial charge < -0.3 is 20.2 Å². The highest BCUT2D eigenvalue weighted by molar-refractivity contribution is 7.90. The van der Waals surface area contributed by atoms with Crippen LogP contribution in [0, 0.1) is 5.41 Å². The predicted molar refractivity (Wildman–Crippen MR) is 134 cm³/mol. The van der Waals surface area contributed by atoms with Crippen molar-refractivity contribution in [3.05, 3.63) is 42.0 Å². The minimum atomic E-state index is -3.40. The first kappa shape index (κ1) is 24.5. The molecule has 0 bridgehead atoms. The van der Waals surface area contributed by atoms with Crippen LogP contribution in [-0.2, 0) is 9.84 Å². The third-order valence-electron chi connectivity index (χ3n) is 6.93. The maximum absolute atomic E-state index is 13.3. The fraction of sp³-hybridized carbons (Fsp3) is 0.520. The molecule has 1 aliphatic carbocycles. The number of piperidine rings is 1. The second kappa shape index (κ2) is 9.92. The summed E-state index contributed by atoms with van der Waals surface area (Å²) in [6.45, 7) is 4.92. The summed E-state index contributed by atoms with van der Waals surface area (Å²) >= 11 is 0. The minimum Gasteiger partial charge on any atom is -0.395 e. The van der Waals surface area contributed by atoms with Crippen molar-refractivity contribution in [3.8, 4) is 0 Å². The van der Waals surface area contributed by atoms with E-state index in [-0.39, 0.29) is 17.4 Å². The molecule has 0 atom stereocenters. The molecule has 8 nitrogen and oxygen atoms in total. The van der Waals surface area contributed by atoms with Gasteiger partial charge in [-0.2, -0.15) is 0 Å². The van der Waals surface area contributed by atoms with E-state index in [1.165, 1.54) is 25.2 Å². The van der Waals surface area contributed by atoms with E-state index < -0.39 is 9.84 Å². The normalized spacial score (nSPS) is 17.0. The van der Waals surface area contributed by atoms with Gasteiger partial charge in [-0.05, 0) is 67.9 Å². The average molecular weight is 487 g/mol. The Kier molecular flexibility index (Phi) is 7.14. The molecule has 2 aliphatic rings. The van der Waals surface area contributed by atoms with Crippen molar-refractivity contribution in [2.24, 2.45) is 5.41 Å². The molecule has 0 unspecified atom stereocenters. The zero-order valence-electron chi connectivity index (χ0n) is 20.0. The van der Waals surface area contributed by atoms with Crippen molar-refractivity contribution in [3.63, 3.8) is 0 Å². The van der Waals surface area contributed by atoms with Crippen molar-refractivity contribution >= 4 is 33.1 Å². The van der Waals surface area contributed by atoms with Gasteiger partial charge in [0.1, 0.15) is 11.6 Å². The van der Waals surface area contributed by atoms with E-state index >= 15 is 0 Å². The van der Waals surface area contributed by atoms with Crippen LogP contribution in [0.2, 0.25) is 0 Å². The molecule has 1 amide bonds. The van der Waals surface area contributed by atoms with Crippen LogP contribution in [0.3, 0.4) is 0 Å². The number of aromatic nitrogens is 1. The maximum Gasteiger partial charge on any atom is 0.258 e. The number of pyridine rings is 1. The number of aliphatic hydroxyl groups excluding tert-OH is 1. The first-order valence-electron chi connectivity index (χ1n) is 12.0. The fourth-order valence-corrected chi connectivity index (χ4v) is 5.32. The Hall–Kier alpha value is -2.65. The van der Waals surface area contributed by atoms with Gasteiger partial charge >= 0.3 is 0 Å². The number of hydrogen-bond donors (Lipinski definition) is 2. The Bertz CT molecular complexity index is 1130. The molecule has 0 radical (unpaired) electrons. The number of rotatable bonds is 9. The van der Waals surface area contributed by atoms with Gasteiger partial charge in [-0.1, -0.05) is 13.0 Å². The van der Waals surface area contributed by atoms with Crippen LogP contribution >= 0.6 is 0 Å². The monoisotopic (exact) mass is 486 g/mol. The largest absolute Gasteiger partial charge is 0.395 e. The van der Waals surface area contributed by atoms with E-state index in [2.05, 4.69) is 22.1 Å². The smallest absolute Gasteiger partial charge is 0.258 e. The highest BCUT2D eigenvalue weighted by atomic mass is 32.2. The Morgan fingerprint density at radius 1 is 1.15 bits per heavy atom. The van der Waals surface area contributed by atoms with Crippen LogP contribution in [0.1, 0.15) is 49.4 Å². The molecule has 2 aromatic rings. The number of benzene rings is 1. The quantitative estimate of drug-likeness (QED) is 0.560. The van der Waals surface area contributed by atoms with E-state index in [0.29, 0.717) is 34.8 Å². The summed E-state index contributed by atoms with van der Waals surface area (Å²) in [5, 5.41) is 12.3. The lowest BCUT2D eigenvalue weighted by atomic mass is 9.93. The number of amides is 1. The Morgan fingerprint density at radius 3 is 2.50 bits per heavy atom. The van der Waals surface area contributed by atoms with Crippen molar-refractivity contribution in [1.29, 1.82) is 0 Å². The van der Waals surface area contributed by atoms with Gasteiger partial charge in [0.15, 0.2) is 9.84 Å². The predicted octanol–water partition coefficient (Wildman–Crippen LogP) is 3.33. The lowest BCUT2D eigenvalue weighted by Crippen LogP contribution is -2.36. The van der Waals surface area contributed by atoms with E-state index in [1.807, 2.05) is 17.0 Å². The molecule has 2 N–H and O–H groups in total. The summed E-state index contributed by atoms with van der Waals surface area (Å²) in [5.74, 6) is 0.776. The highest BCUT2D eigenvalue weighted by Crippen LogP contribution is 2.54. The molecule has 2 fully saturated rings. The second-order valence-electron chi connectivity index (χ2n) is 9.48. The molecule has 1 aromatic carbocycles. The number of aliphatic hydroxyl groups is 1. The topological polar surface area (TPSA) is 103 Å². The highest BCUT2D eigenvalue weighted by Gasteiger charge is 2.44. The second-order valence-corrected chi connectivity index (χ2v) is 11.5. The molecule has 1 saturated carbocycles. The van der Waals surface area contributed by atoms with E-state index in [9.17, 15) is 18.3 Å². The van der Waals surface area contributed by atoms with Crippen molar-refractivity contribution in [2.75, 3.05) is 54.2 Å². The minimum absolute atomic E-state index is 0.0193. The fourth-order valence-electron chi connectivity index (χ4n) is 4.68. The standard InChI is InChI=1S/C25H34N4O4S/c1-3-13-29(16-17-30)23-6-4-5-22(26-23)27-24(31)20-8-7-19(34(2,32)33)18-21(20)28-14-11-25(9-10-25)12-15-28/h4-8,18,30H,3,9-17H2,1-2H3,(H,26,27,31). The molecular formula is C25H34N4O4S. The van der Waals surface area contributed by atoms with Crippen LogP contribution in [0.5, 0.6) is 0 Å². The molecule has 1 aromatic heterocycles. The third kappa shape index (κ3) is 5.52. The Labute approximate surface area is 201 Å². The SMILES string of the molecule is CCCN(CCO)c1cccc(NC(=O)c2ccc(S(C)(=O)=O)cc2N2CCC3(CC2)CC3)n1. The summed E-state index contributed by atoms with van der Waals surface area (Å²) in [6, 6.07) is 10.1. The lowest BCUT2D eigenvalue weighted by Gasteiger charge is -2.35. The van der Waals surface area contributed by atoms with Gasteiger partial charge in [0, 0.05) is 32.4 Å². The van der Waals surface area contributed by atoms with Gasteiger partial charge in [-0.15, -0.1) is 0 Å². The first-order chi connectivity index (χ1) is 16.2. The molecule has 1 saturated heterocycles. The van der Waals surface area contributed by atoms with Gasteiger partial charge in [0.2, 0.25) is 0 Å². The van der Waals surface area contributed by atoms with Crippen molar-refractivity contribution in [2.45, 2.75) is 43.9 Å². The molecule has 184 valence electrons. The molecule has 2 heterocycles. The number of anilines is 3. The van der Waals surface area contributed by atoms with Gasteiger partial charge in [0.05, 0.1) is 22.8 Å². The number of hydrogen-bond acceptors (Lipinski definition) is 7. The number of nitrogens with one attached hydrogen (secondary N) is 1. The number of sulfone groups is 1. The van der Waals surface area contributed by atoms with Gasteiger partial charge in [-0.3, -0.25) is 4.79 Å². The summed E-state index contributed by atoms with van der Waals surface area (Å²) in [7, 11) is -3.40. The third-order valence-corrected chi connectivity index (χ3v) is 8.04. The van der Waals surface area contributed by atoms with E-state index in [0.717, 1.165) is 38.9 Å². The van der Waals surface area contributed by atoms with E-state index in [4.69, 9.17) is 0 Å². The summed E-state index contributed by atoms with van der Waals surface area (Å²) < 4.78 is 24.4. The number of carbonyl (C=O) groups excluding carboxylic acids is 1. The maximum atomic E-state index is 13.3. The Balaban J connectivity index is 1.59. The molecule has 1 spiro atoms. The molecule has 9 heteroatoms. The zero-order chi connectivity index (χ0) is 24.3. The summed E-state index contributed by atoms with van der Waals surface area (Å²) in [5.41, 5.74) is 1.56. The van der Waals surface area contributed by atoms with Crippen LogP contribution < -0.4 is 15.1 Å². The van der Waals surface area contributed by atoms with Gasteiger partial charge in [0.25, 0.3) is 5.91 Å². The molecule has 34 heavy (non-hydrogen) atoms. The lowest BCUT2D eigenvalue weighted by molar-refractivity contribution is 0.102. The zero-order valence-corrected chi connectivity index (χ0v) is 20.8. The van der Waals surface area contributed by atoms with Gasteiger partial charge in [-0.25, -0.2) is 13.4 Å². The van der Waals surface area contributed by atoms with Crippen LogP contribution in [0.4, 0.5) is 17.3 Å². The summed E-state index contributed by atoms with van der Waals surface area (Å²) in [6.07, 6.45) is 6.77.